The molecule has 1 fully saturated rings. The summed E-state index contributed by atoms with van der Waals surface area (Å²) < 4.78 is 0. The summed E-state index contributed by atoms with van der Waals surface area (Å²) >= 11 is 0. The van der Waals surface area contributed by atoms with Gasteiger partial charge in [0, 0.05) is 30.8 Å². The molecule has 1 atom stereocenters. The Labute approximate surface area is 135 Å². The Hall–Kier alpha value is -2.11. The van der Waals surface area contributed by atoms with Gasteiger partial charge in [0.15, 0.2) is 5.78 Å². The van der Waals surface area contributed by atoms with Gasteiger partial charge in [-0.05, 0) is 51.5 Å². The Kier molecular flexibility index (Phi) is 5.23. The van der Waals surface area contributed by atoms with Crippen LogP contribution in [0.2, 0.25) is 0 Å². The van der Waals surface area contributed by atoms with Crippen LogP contribution in [-0.4, -0.2) is 45.7 Å². The van der Waals surface area contributed by atoms with Gasteiger partial charge in [0.2, 0.25) is 0 Å². The Bertz CT molecular complexity index is 633. The number of aryl methyl sites for hydroxylation is 1. The molecule has 1 aromatic rings. The highest BCUT2D eigenvalue weighted by Crippen LogP contribution is 2.25. The molecule has 0 radical (unpaired) electrons. The molecule has 1 saturated heterocycles. The summed E-state index contributed by atoms with van der Waals surface area (Å²) in [5.41, 5.74) is 2.49. The number of H-pyrrole nitrogens is 1. The highest BCUT2D eigenvalue weighted by molar-refractivity contribution is 6.02. The first-order valence-electron chi connectivity index (χ1n) is 8.02. The van der Waals surface area contributed by atoms with Crippen LogP contribution in [0.5, 0.6) is 0 Å². The molecule has 2 rings (SSSR count). The van der Waals surface area contributed by atoms with Crippen molar-refractivity contribution in [2.45, 2.75) is 46.5 Å². The van der Waals surface area contributed by atoms with Crippen LogP contribution in [0.1, 0.15) is 64.7 Å². The molecule has 0 aliphatic carbocycles. The molecule has 0 aromatic carbocycles. The zero-order valence-corrected chi connectivity index (χ0v) is 13.9. The Morgan fingerprint density at radius 2 is 2.00 bits per heavy atom. The van der Waals surface area contributed by atoms with Crippen LogP contribution in [-0.2, 0) is 4.79 Å². The number of likely N-dealkylation sites (tertiary alicyclic amines) is 1. The first kappa shape index (κ1) is 17.2. The molecule has 6 heteroatoms. The monoisotopic (exact) mass is 320 g/mol. The number of carbonyl (C=O) groups excluding carboxylic acids is 2. The normalized spacial score (nSPS) is 18.0. The number of amides is 1. The van der Waals surface area contributed by atoms with Crippen molar-refractivity contribution in [2.24, 2.45) is 5.92 Å². The molecule has 6 nitrogen and oxygen atoms in total. The fourth-order valence-corrected chi connectivity index (χ4v) is 3.46. The van der Waals surface area contributed by atoms with Gasteiger partial charge in [-0.3, -0.25) is 14.4 Å². The van der Waals surface area contributed by atoms with Crippen LogP contribution in [0, 0.1) is 19.8 Å². The van der Waals surface area contributed by atoms with Crippen molar-refractivity contribution in [3.63, 3.8) is 0 Å². The fourth-order valence-electron chi connectivity index (χ4n) is 3.46. The van der Waals surface area contributed by atoms with Crippen molar-refractivity contribution >= 4 is 17.7 Å². The van der Waals surface area contributed by atoms with E-state index in [-0.39, 0.29) is 24.0 Å². The molecule has 0 saturated carbocycles. The van der Waals surface area contributed by atoms with Crippen LogP contribution >= 0.6 is 0 Å². The van der Waals surface area contributed by atoms with E-state index >= 15 is 0 Å². The third-order valence-corrected chi connectivity index (χ3v) is 4.58. The summed E-state index contributed by atoms with van der Waals surface area (Å²) in [7, 11) is 0. The van der Waals surface area contributed by atoms with E-state index in [1.165, 1.54) is 6.92 Å². The van der Waals surface area contributed by atoms with Gasteiger partial charge in [-0.15, -0.1) is 0 Å². The van der Waals surface area contributed by atoms with Gasteiger partial charge >= 0.3 is 5.97 Å². The SMILES string of the molecule is CC(=O)c1c(C)[nH]c(C(=O)N2CCC[C@H](CCC(=O)O)C2)c1C. The second-order valence-corrected chi connectivity index (χ2v) is 6.37. The van der Waals surface area contributed by atoms with Crippen LogP contribution in [0.25, 0.3) is 0 Å². The molecular weight excluding hydrogens is 296 g/mol. The van der Waals surface area contributed by atoms with E-state index in [9.17, 15) is 14.4 Å². The van der Waals surface area contributed by atoms with Crippen LogP contribution < -0.4 is 0 Å². The van der Waals surface area contributed by atoms with E-state index in [0.29, 0.717) is 36.3 Å². The van der Waals surface area contributed by atoms with E-state index < -0.39 is 5.97 Å². The van der Waals surface area contributed by atoms with E-state index in [0.717, 1.165) is 18.5 Å². The summed E-state index contributed by atoms with van der Waals surface area (Å²) in [5.74, 6) is -0.714. The van der Waals surface area contributed by atoms with Crippen molar-refractivity contribution in [1.82, 2.24) is 9.88 Å². The Morgan fingerprint density at radius 3 is 2.57 bits per heavy atom. The molecule has 1 aliphatic rings. The maximum Gasteiger partial charge on any atom is 0.303 e. The number of carboxylic acids is 1. The quantitative estimate of drug-likeness (QED) is 0.816. The number of hydrogen-bond acceptors (Lipinski definition) is 3. The van der Waals surface area contributed by atoms with Crippen LogP contribution in [0.15, 0.2) is 0 Å². The molecule has 126 valence electrons. The first-order valence-corrected chi connectivity index (χ1v) is 8.02. The van der Waals surface area contributed by atoms with Crippen molar-refractivity contribution in [2.75, 3.05) is 13.1 Å². The fraction of sp³-hybridized carbons (Fsp3) is 0.588. The first-order chi connectivity index (χ1) is 10.8. The van der Waals surface area contributed by atoms with Gasteiger partial charge in [0.1, 0.15) is 5.69 Å². The number of aromatic nitrogens is 1. The molecule has 0 unspecified atom stereocenters. The molecule has 1 aliphatic heterocycles. The predicted molar refractivity (Wildman–Crippen MR) is 85.8 cm³/mol. The minimum absolute atomic E-state index is 0.0479. The number of aliphatic carboxylic acids is 1. The van der Waals surface area contributed by atoms with Gasteiger partial charge < -0.3 is 15.0 Å². The summed E-state index contributed by atoms with van der Waals surface area (Å²) in [6, 6.07) is 0. The van der Waals surface area contributed by atoms with Gasteiger partial charge in [-0.2, -0.15) is 0 Å². The third-order valence-electron chi connectivity index (χ3n) is 4.58. The minimum atomic E-state index is -0.796. The molecular formula is C17H24N2O4. The number of carbonyl (C=O) groups is 3. The average molecular weight is 320 g/mol. The molecule has 2 N–H and O–H groups in total. The number of hydrogen-bond donors (Lipinski definition) is 2. The number of rotatable bonds is 5. The standard InChI is InChI=1S/C17H24N2O4/c1-10-15(12(3)20)11(2)18-16(10)17(23)19-8-4-5-13(9-19)6-7-14(21)22/h13,18H,4-9H2,1-3H3,(H,21,22)/t13-/m1/s1. The smallest absolute Gasteiger partial charge is 0.303 e. The van der Waals surface area contributed by atoms with Crippen molar-refractivity contribution in [3.05, 3.63) is 22.5 Å². The minimum Gasteiger partial charge on any atom is -0.481 e. The Morgan fingerprint density at radius 1 is 1.30 bits per heavy atom. The summed E-state index contributed by atoms with van der Waals surface area (Å²) in [6.45, 7) is 6.35. The maximum absolute atomic E-state index is 12.8. The Balaban J connectivity index is 2.12. The van der Waals surface area contributed by atoms with Crippen molar-refractivity contribution in [3.8, 4) is 0 Å². The number of ketones is 1. The lowest BCUT2D eigenvalue weighted by Gasteiger charge is -2.32. The highest BCUT2D eigenvalue weighted by atomic mass is 16.4. The highest BCUT2D eigenvalue weighted by Gasteiger charge is 2.28. The molecule has 1 aromatic heterocycles. The number of carboxylic acid groups (broad SMARTS) is 1. The zero-order chi connectivity index (χ0) is 17.1. The van der Waals surface area contributed by atoms with Gasteiger partial charge in [0.25, 0.3) is 5.91 Å². The van der Waals surface area contributed by atoms with Gasteiger partial charge in [-0.25, -0.2) is 0 Å². The lowest BCUT2D eigenvalue weighted by Crippen LogP contribution is -2.40. The van der Waals surface area contributed by atoms with E-state index in [1.54, 1.807) is 18.7 Å². The second kappa shape index (κ2) is 6.98. The summed E-state index contributed by atoms with van der Waals surface area (Å²) in [5, 5.41) is 8.80. The van der Waals surface area contributed by atoms with Crippen molar-refractivity contribution in [1.29, 1.82) is 0 Å². The predicted octanol–water partition coefficient (Wildman–Crippen LogP) is 2.55. The topological polar surface area (TPSA) is 90.5 Å². The number of nitrogens with zero attached hydrogens (tertiary/aromatic N) is 1. The summed E-state index contributed by atoms with van der Waals surface area (Å²) in [6.07, 6.45) is 2.58. The molecule has 0 spiro atoms. The van der Waals surface area contributed by atoms with Crippen LogP contribution in [0.3, 0.4) is 0 Å². The second-order valence-electron chi connectivity index (χ2n) is 6.37. The van der Waals surface area contributed by atoms with Crippen molar-refractivity contribution < 1.29 is 19.5 Å². The number of aromatic amines is 1. The lowest BCUT2D eigenvalue weighted by molar-refractivity contribution is -0.137. The van der Waals surface area contributed by atoms with E-state index in [4.69, 9.17) is 5.11 Å². The molecule has 0 bridgehead atoms. The number of piperidine rings is 1. The van der Waals surface area contributed by atoms with Gasteiger partial charge in [-0.1, -0.05) is 0 Å². The number of nitrogens with one attached hydrogen (secondary N) is 1. The number of Topliss-reactive ketones (excluding diaryl/α,β-unsaturated/α-hetero) is 1. The average Bonchev–Trinajstić information content (AvgIpc) is 2.79. The zero-order valence-electron chi connectivity index (χ0n) is 13.9. The largest absolute Gasteiger partial charge is 0.481 e. The summed E-state index contributed by atoms with van der Waals surface area (Å²) in [4.78, 5) is 40.0. The van der Waals surface area contributed by atoms with Gasteiger partial charge in [0.05, 0.1) is 0 Å². The maximum atomic E-state index is 12.8. The third kappa shape index (κ3) is 3.81. The van der Waals surface area contributed by atoms with E-state index in [1.807, 2.05) is 0 Å². The van der Waals surface area contributed by atoms with E-state index in [2.05, 4.69) is 4.98 Å². The molecule has 23 heavy (non-hydrogen) atoms. The van der Waals surface area contributed by atoms with Crippen LogP contribution in [0.4, 0.5) is 0 Å². The molecule has 2 heterocycles. The lowest BCUT2D eigenvalue weighted by atomic mass is 9.93. The molecule has 1 amide bonds.